The Morgan fingerprint density at radius 1 is 1.30 bits per heavy atom. The highest BCUT2D eigenvalue weighted by Gasteiger charge is 2.30. The molecule has 1 atom stereocenters. The fourth-order valence-corrected chi connectivity index (χ4v) is 4.53. The first-order chi connectivity index (χ1) is 11.3. The summed E-state index contributed by atoms with van der Waals surface area (Å²) in [5.41, 5.74) is 0.704. The molecule has 3 aromatic heterocycles. The molecule has 6 heteroatoms. The molecule has 0 aliphatic carbocycles. The largest absolute Gasteiger partial charge is 0.444 e. The van der Waals surface area contributed by atoms with Crippen molar-refractivity contribution in [1.29, 1.82) is 0 Å². The van der Waals surface area contributed by atoms with Crippen LogP contribution in [-0.2, 0) is 11.2 Å². The highest BCUT2D eigenvalue weighted by molar-refractivity contribution is 7.13. The van der Waals surface area contributed by atoms with Gasteiger partial charge in [-0.15, -0.1) is 22.7 Å². The SMILES string of the molecule is O=C(Cc1coc(-c2cccs2)n1)N1CCC[C@@H]1c1cccs1. The lowest BCUT2D eigenvalue weighted by molar-refractivity contribution is -0.131. The molecular weight excluding hydrogens is 328 g/mol. The highest BCUT2D eigenvalue weighted by atomic mass is 32.1. The summed E-state index contributed by atoms with van der Waals surface area (Å²) < 4.78 is 5.50. The molecule has 118 valence electrons. The molecule has 1 amide bonds. The maximum atomic E-state index is 12.7. The zero-order valence-electron chi connectivity index (χ0n) is 12.5. The molecular formula is C17H16N2O2S2. The number of carbonyl (C=O) groups excluding carboxylic acids is 1. The smallest absolute Gasteiger partial charge is 0.236 e. The lowest BCUT2D eigenvalue weighted by Gasteiger charge is -2.23. The molecule has 1 aliphatic heterocycles. The van der Waals surface area contributed by atoms with Crippen molar-refractivity contribution in [3.05, 3.63) is 51.9 Å². The van der Waals surface area contributed by atoms with Gasteiger partial charge < -0.3 is 9.32 Å². The molecule has 1 aliphatic rings. The maximum Gasteiger partial charge on any atom is 0.236 e. The number of nitrogens with zero attached hydrogens (tertiary/aromatic N) is 2. The van der Waals surface area contributed by atoms with E-state index in [-0.39, 0.29) is 11.9 Å². The van der Waals surface area contributed by atoms with Gasteiger partial charge in [0.15, 0.2) is 0 Å². The first kappa shape index (κ1) is 14.7. The predicted molar refractivity (Wildman–Crippen MR) is 91.5 cm³/mol. The third-order valence-corrected chi connectivity index (χ3v) is 5.89. The van der Waals surface area contributed by atoms with Crippen LogP contribution >= 0.6 is 22.7 Å². The van der Waals surface area contributed by atoms with Crippen LogP contribution in [0.4, 0.5) is 0 Å². The number of carbonyl (C=O) groups is 1. The molecule has 1 fully saturated rings. The Morgan fingerprint density at radius 2 is 2.17 bits per heavy atom. The van der Waals surface area contributed by atoms with Gasteiger partial charge in [0.2, 0.25) is 11.8 Å². The van der Waals surface area contributed by atoms with Gasteiger partial charge in [0.25, 0.3) is 0 Å². The fourth-order valence-electron chi connectivity index (χ4n) is 3.00. The van der Waals surface area contributed by atoms with Crippen molar-refractivity contribution in [2.24, 2.45) is 0 Å². The predicted octanol–water partition coefficient (Wildman–Crippen LogP) is 4.37. The molecule has 0 N–H and O–H groups in total. The fraction of sp³-hybridized carbons (Fsp3) is 0.294. The topological polar surface area (TPSA) is 46.3 Å². The molecule has 4 rings (SSSR count). The lowest BCUT2D eigenvalue weighted by atomic mass is 10.2. The van der Waals surface area contributed by atoms with Crippen LogP contribution in [0.3, 0.4) is 0 Å². The minimum Gasteiger partial charge on any atom is -0.444 e. The Kier molecular flexibility index (Phi) is 4.01. The first-order valence-electron chi connectivity index (χ1n) is 7.62. The van der Waals surface area contributed by atoms with E-state index in [9.17, 15) is 4.79 Å². The van der Waals surface area contributed by atoms with Crippen molar-refractivity contribution in [3.8, 4) is 10.8 Å². The van der Waals surface area contributed by atoms with Crippen molar-refractivity contribution in [2.75, 3.05) is 6.54 Å². The second-order valence-electron chi connectivity index (χ2n) is 5.56. The van der Waals surface area contributed by atoms with E-state index in [4.69, 9.17) is 4.42 Å². The number of amides is 1. The molecule has 0 aromatic carbocycles. The van der Waals surface area contributed by atoms with Crippen molar-refractivity contribution in [3.63, 3.8) is 0 Å². The van der Waals surface area contributed by atoms with Crippen LogP contribution < -0.4 is 0 Å². The average molecular weight is 344 g/mol. The van der Waals surface area contributed by atoms with E-state index in [0.29, 0.717) is 18.0 Å². The van der Waals surface area contributed by atoms with Gasteiger partial charge in [-0.1, -0.05) is 12.1 Å². The van der Waals surface area contributed by atoms with Crippen LogP contribution in [-0.4, -0.2) is 22.3 Å². The number of hydrogen-bond acceptors (Lipinski definition) is 5. The van der Waals surface area contributed by atoms with Crippen molar-refractivity contribution in [2.45, 2.75) is 25.3 Å². The molecule has 4 heterocycles. The standard InChI is InChI=1S/C17H16N2O2S2/c20-16(19-7-1-4-13(19)14-5-2-8-22-14)10-12-11-21-17(18-12)15-6-3-9-23-15/h2-3,5-6,8-9,11,13H,1,4,7,10H2/t13-/m1/s1. The van der Waals surface area contributed by atoms with E-state index < -0.39 is 0 Å². The summed E-state index contributed by atoms with van der Waals surface area (Å²) in [6, 6.07) is 8.32. The van der Waals surface area contributed by atoms with Crippen LogP contribution in [0.5, 0.6) is 0 Å². The molecule has 0 bridgehead atoms. The van der Waals surface area contributed by atoms with Crippen LogP contribution in [0.25, 0.3) is 10.8 Å². The Morgan fingerprint density at radius 3 is 2.96 bits per heavy atom. The monoisotopic (exact) mass is 344 g/mol. The van der Waals surface area contributed by atoms with Gasteiger partial charge in [-0.05, 0) is 35.7 Å². The molecule has 23 heavy (non-hydrogen) atoms. The molecule has 0 radical (unpaired) electrons. The molecule has 1 saturated heterocycles. The minimum atomic E-state index is 0.131. The van der Waals surface area contributed by atoms with Crippen molar-refractivity contribution >= 4 is 28.6 Å². The summed E-state index contributed by atoms with van der Waals surface area (Å²) in [7, 11) is 0. The van der Waals surface area contributed by atoms with E-state index in [1.54, 1.807) is 28.9 Å². The lowest BCUT2D eigenvalue weighted by Crippen LogP contribution is -2.31. The van der Waals surface area contributed by atoms with Crippen molar-refractivity contribution < 1.29 is 9.21 Å². The van der Waals surface area contributed by atoms with Crippen LogP contribution in [0.15, 0.2) is 45.7 Å². The maximum absolute atomic E-state index is 12.7. The van der Waals surface area contributed by atoms with Gasteiger partial charge in [0.1, 0.15) is 6.26 Å². The summed E-state index contributed by atoms with van der Waals surface area (Å²) in [5, 5.41) is 4.06. The van der Waals surface area contributed by atoms with Gasteiger partial charge in [-0.3, -0.25) is 4.79 Å². The number of rotatable bonds is 4. The summed E-state index contributed by atoms with van der Waals surface area (Å²) in [5.74, 6) is 0.728. The van der Waals surface area contributed by atoms with E-state index in [0.717, 1.165) is 24.3 Å². The van der Waals surface area contributed by atoms with Gasteiger partial charge in [0.05, 0.1) is 23.0 Å². The number of likely N-dealkylation sites (tertiary alicyclic amines) is 1. The first-order valence-corrected chi connectivity index (χ1v) is 9.38. The number of hydrogen-bond donors (Lipinski definition) is 0. The van der Waals surface area contributed by atoms with Gasteiger partial charge in [-0.2, -0.15) is 0 Å². The normalized spacial score (nSPS) is 17.7. The van der Waals surface area contributed by atoms with Gasteiger partial charge in [0, 0.05) is 11.4 Å². The summed E-state index contributed by atoms with van der Waals surface area (Å²) >= 11 is 3.31. The highest BCUT2D eigenvalue weighted by Crippen LogP contribution is 2.35. The summed E-state index contributed by atoms with van der Waals surface area (Å²) in [4.78, 5) is 21.4. The van der Waals surface area contributed by atoms with Gasteiger partial charge in [-0.25, -0.2) is 4.98 Å². The second-order valence-corrected chi connectivity index (χ2v) is 7.49. The Bertz CT molecular complexity index is 778. The van der Waals surface area contributed by atoms with E-state index >= 15 is 0 Å². The van der Waals surface area contributed by atoms with Crippen molar-refractivity contribution in [1.82, 2.24) is 9.88 Å². The molecule has 0 unspecified atom stereocenters. The molecule has 0 spiro atoms. The van der Waals surface area contributed by atoms with Crippen LogP contribution in [0.2, 0.25) is 0 Å². The molecule has 3 aromatic rings. The number of oxazole rings is 1. The third-order valence-electron chi connectivity index (χ3n) is 4.06. The zero-order chi connectivity index (χ0) is 15.6. The zero-order valence-corrected chi connectivity index (χ0v) is 14.1. The quantitative estimate of drug-likeness (QED) is 0.706. The third kappa shape index (κ3) is 2.96. The van der Waals surface area contributed by atoms with Crippen LogP contribution in [0.1, 0.15) is 29.5 Å². The minimum absolute atomic E-state index is 0.131. The summed E-state index contributed by atoms with van der Waals surface area (Å²) in [6.45, 7) is 0.830. The molecule has 4 nitrogen and oxygen atoms in total. The number of aromatic nitrogens is 1. The second kappa shape index (κ2) is 6.29. The van der Waals surface area contributed by atoms with Gasteiger partial charge >= 0.3 is 0 Å². The number of thiophene rings is 2. The Balaban J connectivity index is 1.47. The van der Waals surface area contributed by atoms with E-state index in [2.05, 4.69) is 16.4 Å². The Hall–Kier alpha value is -1.92. The Labute approximate surface area is 142 Å². The summed E-state index contributed by atoms with van der Waals surface area (Å²) in [6.07, 6.45) is 4.01. The van der Waals surface area contributed by atoms with Crippen LogP contribution in [0, 0.1) is 0 Å². The average Bonchev–Trinajstić information content (AvgIpc) is 3.30. The molecule has 0 saturated carbocycles. The van der Waals surface area contributed by atoms with E-state index in [1.807, 2.05) is 28.5 Å². The van der Waals surface area contributed by atoms with E-state index in [1.165, 1.54) is 4.88 Å².